The number of carboxylic acid groups (broad SMARTS) is 1. The van der Waals surface area contributed by atoms with Crippen molar-refractivity contribution in [2.45, 2.75) is 70.3 Å². The summed E-state index contributed by atoms with van der Waals surface area (Å²) >= 11 is 0. The Morgan fingerprint density at radius 2 is 1.06 bits per heavy atom. The van der Waals surface area contributed by atoms with Crippen molar-refractivity contribution < 1.29 is 51.8 Å². The molecule has 6 rings (SSSR count). The molecule has 2 fully saturated rings. The van der Waals surface area contributed by atoms with E-state index in [1.54, 1.807) is 82.7 Å². The molecule has 0 radical (unpaired) electrons. The zero-order valence-electron chi connectivity index (χ0n) is 35.8. The summed E-state index contributed by atoms with van der Waals surface area (Å²) in [5.41, 5.74) is 13.7. The number of nitrogens with two attached hydrogens (primary N) is 2. The molecule has 0 atom stereocenters. The summed E-state index contributed by atoms with van der Waals surface area (Å²) in [4.78, 5) is 82.7. The lowest BCUT2D eigenvalue weighted by atomic mass is 10.0. The highest BCUT2D eigenvalue weighted by Crippen LogP contribution is 2.22. The minimum atomic E-state index is -5.08. The number of rotatable bonds is 6. The van der Waals surface area contributed by atoms with E-state index in [0.29, 0.717) is 48.4 Å². The fraction of sp³-hybridized carbons (Fsp3) is 0.415. The third-order valence-electron chi connectivity index (χ3n) is 9.90. The molecule has 0 spiro atoms. The molecule has 0 saturated carbocycles. The number of carboxylic acids is 1. The van der Waals surface area contributed by atoms with E-state index in [2.05, 4.69) is 15.3 Å². The Morgan fingerprint density at radius 1 is 0.703 bits per heavy atom. The number of ether oxygens (including phenoxy) is 1. The first-order chi connectivity index (χ1) is 29.0. The average Bonchev–Trinajstić information content (AvgIpc) is 3.94. The van der Waals surface area contributed by atoms with Crippen molar-refractivity contribution in [1.29, 1.82) is 0 Å². The fourth-order valence-corrected chi connectivity index (χ4v) is 6.40. The highest BCUT2D eigenvalue weighted by molar-refractivity contribution is 5.94. The smallest absolute Gasteiger partial charge is 0.475 e. The molecule has 6 N–H and O–H groups in total. The topological polar surface area (TPSA) is 241 Å². The monoisotopic (exact) mass is 940 g/mol. The number of hydrogen-bond donors (Lipinski definition) is 4. The van der Waals surface area contributed by atoms with Crippen molar-refractivity contribution >= 4 is 60.8 Å². The van der Waals surface area contributed by atoms with Crippen LogP contribution in [0.5, 0.6) is 0 Å². The first kappa shape index (κ1) is 53.9. The van der Waals surface area contributed by atoms with E-state index in [1.807, 2.05) is 27.8 Å². The maximum Gasteiger partial charge on any atom is 0.490 e. The molecule has 2 aliphatic heterocycles. The SMILES string of the molecule is CN(C(=O)n1cnc(-c2ccc(C(N)=O)cc2)c1)C1CCN(C(=O)OC(C)(C)C)CC1.CN(C(=O)n1cnc(-c2ccc(C(N)=O)cc2)c1)C1CCNCC1.Cl.Cl.O=C(O)C(F)(F)F. The molecule has 0 unspecified atom stereocenters. The lowest BCUT2D eigenvalue weighted by Crippen LogP contribution is -2.49. The number of piperidine rings is 2. The van der Waals surface area contributed by atoms with E-state index in [0.717, 1.165) is 37.1 Å². The Morgan fingerprint density at radius 3 is 1.39 bits per heavy atom. The van der Waals surface area contributed by atoms with Crippen LogP contribution in [0.1, 0.15) is 67.2 Å². The second kappa shape index (κ2) is 23.5. The van der Waals surface area contributed by atoms with Crippen LogP contribution in [-0.4, -0.2) is 139 Å². The van der Waals surface area contributed by atoms with Crippen molar-refractivity contribution in [2.75, 3.05) is 40.3 Å². The fourth-order valence-electron chi connectivity index (χ4n) is 6.40. The van der Waals surface area contributed by atoms with Gasteiger partial charge in [-0.1, -0.05) is 24.3 Å². The van der Waals surface area contributed by atoms with Crippen LogP contribution in [0.25, 0.3) is 22.5 Å². The van der Waals surface area contributed by atoms with Crippen molar-refractivity contribution in [1.82, 2.24) is 39.1 Å². The van der Waals surface area contributed by atoms with Crippen LogP contribution in [-0.2, 0) is 9.53 Å². The zero-order valence-corrected chi connectivity index (χ0v) is 37.4. The molecule has 4 heterocycles. The van der Waals surface area contributed by atoms with Gasteiger partial charge in [0.25, 0.3) is 0 Å². The third kappa shape index (κ3) is 15.3. The number of hydrogen-bond acceptors (Lipinski definition) is 10. The lowest BCUT2D eigenvalue weighted by molar-refractivity contribution is -0.192. The number of nitrogens with zero attached hydrogens (tertiary/aromatic N) is 7. The van der Waals surface area contributed by atoms with Gasteiger partial charge in [-0.3, -0.25) is 18.7 Å². The standard InChI is InChI=1S/C22H29N5O4.C17H21N5O2.C2HF3O2.2ClH/c1-22(2,3)31-21(30)26-11-9-17(10-12-26)25(4)20(29)27-13-18(24-14-27)15-5-7-16(8-6-15)19(23)28;1-21(14-6-8-19-9-7-14)17(24)22-10-15(20-11-22)12-2-4-13(5-3-12)16(18)23;3-2(4,5)1(6)7;;/h5-8,13-14,17H,9-12H2,1-4H3,(H2,23,28);2-5,10-11,14,19H,6-9H2,1H3,(H2,18,23);(H,6,7);2*1H. The number of aromatic nitrogens is 4. The Kier molecular flexibility index (Phi) is 19.8. The number of likely N-dealkylation sites (tertiary alicyclic amines) is 1. The minimum Gasteiger partial charge on any atom is -0.475 e. The van der Waals surface area contributed by atoms with Crippen LogP contribution in [0.2, 0.25) is 0 Å². The van der Waals surface area contributed by atoms with Crippen LogP contribution in [0.15, 0.2) is 73.6 Å². The second-order valence-electron chi connectivity index (χ2n) is 15.5. The van der Waals surface area contributed by atoms with Gasteiger partial charge >= 0.3 is 30.3 Å². The predicted molar refractivity (Wildman–Crippen MR) is 234 cm³/mol. The maximum absolute atomic E-state index is 12.9. The van der Waals surface area contributed by atoms with Gasteiger partial charge < -0.3 is 41.3 Å². The minimum absolute atomic E-state index is 0. The van der Waals surface area contributed by atoms with Crippen LogP contribution >= 0.6 is 24.8 Å². The quantitative estimate of drug-likeness (QED) is 0.182. The third-order valence-corrected chi connectivity index (χ3v) is 9.90. The summed E-state index contributed by atoms with van der Waals surface area (Å²) < 4.78 is 40.1. The summed E-state index contributed by atoms with van der Waals surface area (Å²) in [6.07, 6.45) is 4.24. The van der Waals surface area contributed by atoms with Gasteiger partial charge in [-0.25, -0.2) is 29.1 Å². The molecule has 2 aromatic heterocycles. The summed E-state index contributed by atoms with van der Waals surface area (Å²) in [5, 5.41) is 10.4. The van der Waals surface area contributed by atoms with Gasteiger partial charge in [0.1, 0.15) is 18.3 Å². The van der Waals surface area contributed by atoms with Gasteiger partial charge in [-0.2, -0.15) is 13.2 Å². The van der Waals surface area contributed by atoms with Crippen molar-refractivity contribution in [3.05, 3.63) is 84.7 Å². The molecule has 0 aliphatic carbocycles. The molecular formula is C41H53Cl2F3N10O8. The van der Waals surface area contributed by atoms with Gasteiger partial charge in [0.05, 0.1) is 11.4 Å². The largest absolute Gasteiger partial charge is 0.490 e. The maximum atomic E-state index is 12.9. The molecule has 2 saturated heterocycles. The number of primary amides is 2. The number of carbonyl (C=O) groups is 6. The van der Waals surface area contributed by atoms with Gasteiger partial charge in [0, 0.05) is 73.9 Å². The summed E-state index contributed by atoms with van der Waals surface area (Å²) in [5.74, 6) is -3.72. The average molecular weight is 942 g/mol. The van der Waals surface area contributed by atoms with E-state index in [1.165, 1.54) is 21.8 Å². The van der Waals surface area contributed by atoms with E-state index in [-0.39, 0.29) is 55.1 Å². The predicted octanol–water partition coefficient (Wildman–Crippen LogP) is 5.73. The number of alkyl halides is 3. The molecule has 5 amide bonds. The summed E-state index contributed by atoms with van der Waals surface area (Å²) in [6, 6.07) is 13.6. The molecule has 0 bridgehead atoms. The Labute approximate surface area is 379 Å². The molecule has 2 aromatic carbocycles. The van der Waals surface area contributed by atoms with Gasteiger partial charge in [0.15, 0.2) is 0 Å². The van der Waals surface area contributed by atoms with Crippen molar-refractivity contribution in [2.24, 2.45) is 11.5 Å². The van der Waals surface area contributed by atoms with Crippen LogP contribution in [0.4, 0.5) is 27.6 Å². The van der Waals surface area contributed by atoms with Crippen molar-refractivity contribution in [3.8, 4) is 22.5 Å². The second-order valence-corrected chi connectivity index (χ2v) is 15.5. The highest BCUT2D eigenvalue weighted by atomic mass is 35.5. The zero-order chi connectivity index (χ0) is 45.9. The highest BCUT2D eigenvalue weighted by Gasteiger charge is 2.38. The van der Waals surface area contributed by atoms with Crippen molar-refractivity contribution in [3.63, 3.8) is 0 Å². The molecule has 2 aliphatic rings. The van der Waals surface area contributed by atoms with E-state index in [4.69, 9.17) is 26.1 Å². The Bertz CT molecular complexity index is 2200. The normalized spacial score (nSPS) is 14.2. The Balaban J connectivity index is 0.000000380. The number of carbonyl (C=O) groups excluding carboxylic acids is 5. The number of nitrogens with one attached hydrogen (secondary N) is 1. The van der Waals surface area contributed by atoms with Crippen LogP contribution in [0, 0.1) is 0 Å². The van der Waals surface area contributed by atoms with E-state index < -0.39 is 29.6 Å². The number of imidazole rings is 2. The van der Waals surface area contributed by atoms with E-state index >= 15 is 0 Å². The first-order valence-corrected chi connectivity index (χ1v) is 19.5. The van der Waals surface area contributed by atoms with Crippen LogP contribution in [0.3, 0.4) is 0 Å². The molecule has 4 aromatic rings. The van der Waals surface area contributed by atoms with Gasteiger partial charge in [-0.05, 0) is 83.8 Å². The lowest BCUT2D eigenvalue weighted by Gasteiger charge is -2.37. The van der Waals surface area contributed by atoms with Gasteiger partial charge in [-0.15, -0.1) is 24.8 Å². The molecule has 18 nitrogen and oxygen atoms in total. The van der Waals surface area contributed by atoms with Gasteiger partial charge in [0.2, 0.25) is 11.8 Å². The molecular weight excluding hydrogens is 888 g/mol. The Hall–Kier alpha value is -6.19. The van der Waals surface area contributed by atoms with E-state index in [9.17, 15) is 37.1 Å². The van der Waals surface area contributed by atoms with Crippen LogP contribution < -0.4 is 16.8 Å². The number of amides is 5. The first-order valence-electron chi connectivity index (χ1n) is 19.5. The summed E-state index contributed by atoms with van der Waals surface area (Å²) in [7, 11) is 3.59. The molecule has 64 heavy (non-hydrogen) atoms. The molecule has 350 valence electrons. The number of benzene rings is 2. The summed E-state index contributed by atoms with van der Waals surface area (Å²) in [6.45, 7) is 8.48. The number of aliphatic carboxylic acids is 1. The molecule has 23 heteroatoms. The number of halogens is 5.